The first-order valence-electron chi connectivity index (χ1n) is 7.25. The molecule has 1 heterocycles. The number of carboxylic acids is 1. The van der Waals surface area contributed by atoms with Crippen LogP contribution in [0.15, 0.2) is 30.3 Å². The van der Waals surface area contributed by atoms with Crippen molar-refractivity contribution in [1.29, 1.82) is 0 Å². The molecule has 0 unspecified atom stereocenters. The van der Waals surface area contributed by atoms with E-state index in [0.717, 1.165) is 32.6 Å². The first kappa shape index (κ1) is 15.0. The van der Waals surface area contributed by atoms with Gasteiger partial charge in [0.1, 0.15) is 6.04 Å². The van der Waals surface area contributed by atoms with Gasteiger partial charge in [0.25, 0.3) is 0 Å². The Labute approximate surface area is 121 Å². The summed E-state index contributed by atoms with van der Waals surface area (Å²) in [4.78, 5) is 15.4. The third kappa shape index (κ3) is 4.05. The molecule has 20 heavy (non-hydrogen) atoms. The second-order valence-electron chi connectivity index (χ2n) is 5.83. The van der Waals surface area contributed by atoms with Crippen LogP contribution in [0.3, 0.4) is 0 Å². The lowest BCUT2D eigenvalue weighted by Gasteiger charge is -2.24. The van der Waals surface area contributed by atoms with Crippen LogP contribution in [0.4, 0.5) is 0 Å². The Morgan fingerprint density at radius 2 is 2.15 bits per heavy atom. The highest BCUT2D eigenvalue weighted by atomic mass is 16.4. The zero-order valence-corrected chi connectivity index (χ0v) is 12.3. The number of benzene rings is 1. The van der Waals surface area contributed by atoms with Gasteiger partial charge in [-0.2, -0.15) is 0 Å². The molecule has 1 aromatic carbocycles. The fourth-order valence-corrected chi connectivity index (χ4v) is 2.80. The maximum atomic E-state index is 11.0. The topological polar surface area (TPSA) is 43.8 Å². The Bertz CT molecular complexity index is 435. The molecule has 1 N–H and O–H groups in total. The predicted molar refractivity (Wildman–Crippen MR) is 79.6 cm³/mol. The van der Waals surface area contributed by atoms with Gasteiger partial charge in [0, 0.05) is 19.6 Å². The molecular formula is C16H24N2O2. The van der Waals surface area contributed by atoms with E-state index >= 15 is 0 Å². The van der Waals surface area contributed by atoms with Crippen LogP contribution in [0.2, 0.25) is 0 Å². The second-order valence-corrected chi connectivity index (χ2v) is 5.83. The average Bonchev–Trinajstić information content (AvgIpc) is 2.86. The molecule has 0 aliphatic carbocycles. The van der Waals surface area contributed by atoms with E-state index in [1.807, 2.05) is 18.0 Å². The first-order chi connectivity index (χ1) is 9.56. The van der Waals surface area contributed by atoms with E-state index in [2.05, 4.69) is 29.2 Å². The van der Waals surface area contributed by atoms with Gasteiger partial charge in [0.05, 0.1) is 0 Å². The lowest BCUT2D eigenvalue weighted by atomic mass is 10.1. The summed E-state index contributed by atoms with van der Waals surface area (Å²) in [6.07, 6.45) is 1.16. The van der Waals surface area contributed by atoms with Crippen molar-refractivity contribution in [2.75, 3.05) is 26.7 Å². The monoisotopic (exact) mass is 276 g/mol. The summed E-state index contributed by atoms with van der Waals surface area (Å²) in [7, 11) is 1.90. The standard InChI is InChI=1S/C16H24N2O2/c1-13(16(19)20)17(2)10-15-8-9-18(12-15)11-14-6-4-3-5-7-14/h3-7,13,15H,8-12H2,1-2H3,(H,19,20)/t13-,15+/m0/s1. The molecule has 1 aromatic rings. The molecule has 0 radical (unpaired) electrons. The largest absolute Gasteiger partial charge is 0.480 e. The molecule has 4 nitrogen and oxygen atoms in total. The summed E-state index contributed by atoms with van der Waals surface area (Å²) in [5, 5.41) is 9.02. The van der Waals surface area contributed by atoms with Gasteiger partial charge in [0.15, 0.2) is 0 Å². The van der Waals surface area contributed by atoms with Crippen LogP contribution in [-0.2, 0) is 11.3 Å². The highest BCUT2D eigenvalue weighted by Gasteiger charge is 2.26. The van der Waals surface area contributed by atoms with Crippen LogP contribution in [0.25, 0.3) is 0 Å². The molecule has 1 aliphatic rings. The summed E-state index contributed by atoms with van der Waals surface area (Å²) in [5.74, 6) is -0.169. The van der Waals surface area contributed by atoms with Crippen molar-refractivity contribution in [2.45, 2.75) is 25.9 Å². The summed E-state index contributed by atoms with van der Waals surface area (Å²) in [6.45, 7) is 5.77. The molecule has 1 aliphatic heterocycles. The number of nitrogens with zero attached hydrogens (tertiary/aromatic N) is 2. The Morgan fingerprint density at radius 3 is 2.80 bits per heavy atom. The van der Waals surface area contributed by atoms with Gasteiger partial charge in [-0.25, -0.2) is 0 Å². The fraction of sp³-hybridized carbons (Fsp3) is 0.562. The number of hydrogen-bond donors (Lipinski definition) is 1. The highest BCUT2D eigenvalue weighted by molar-refractivity contribution is 5.72. The lowest BCUT2D eigenvalue weighted by Crippen LogP contribution is -2.39. The number of aliphatic carboxylic acids is 1. The predicted octanol–water partition coefficient (Wildman–Crippen LogP) is 1.91. The highest BCUT2D eigenvalue weighted by Crippen LogP contribution is 2.20. The van der Waals surface area contributed by atoms with Crippen LogP contribution in [0.1, 0.15) is 18.9 Å². The number of carbonyl (C=O) groups is 1. The van der Waals surface area contributed by atoms with Crippen molar-refractivity contribution < 1.29 is 9.90 Å². The maximum absolute atomic E-state index is 11.0. The number of likely N-dealkylation sites (N-methyl/N-ethyl adjacent to an activating group) is 1. The minimum Gasteiger partial charge on any atom is -0.480 e. The SMILES string of the molecule is C[C@@H](C(=O)O)N(C)C[C@H]1CCN(Cc2ccccc2)C1. The van der Waals surface area contributed by atoms with Crippen molar-refractivity contribution in [3.8, 4) is 0 Å². The fourth-order valence-electron chi connectivity index (χ4n) is 2.80. The van der Waals surface area contributed by atoms with E-state index < -0.39 is 12.0 Å². The zero-order chi connectivity index (χ0) is 14.5. The molecule has 110 valence electrons. The first-order valence-corrected chi connectivity index (χ1v) is 7.25. The van der Waals surface area contributed by atoms with Crippen LogP contribution >= 0.6 is 0 Å². The van der Waals surface area contributed by atoms with E-state index in [9.17, 15) is 4.79 Å². The maximum Gasteiger partial charge on any atom is 0.320 e. The minimum atomic E-state index is -0.744. The third-order valence-corrected chi connectivity index (χ3v) is 4.18. The van der Waals surface area contributed by atoms with Crippen molar-refractivity contribution in [3.05, 3.63) is 35.9 Å². The normalized spacial score (nSPS) is 21.2. The van der Waals surface area contributed by atoms with Gasteiger partial charge >= 0.3 is 5.97 Å². The third-order valence-electron chi connectivity index (χ3n) is 4.18. The lowest BCUT2D eigenvalue weighted by molar-refractivity contribution is -0.142. The van der Waals surface area contributed by atoms with Gasteiger partial charge < -0.3 is 5.11 Å². The number of likely N-dealkylation sites (tertiary alicyclic amines) is 1. The van der Waals surface area contributed by atoms with Crippen molar-refractivity contribution >= 4 is 5.97 Å². The molecule has 1 saturated heterocycles. The number of carboxylic acid groups (broad SMARTS) is 1. The van der Waals surface area contributed by atoms with Crippen LogP contribution in [0.5, 0.6) is 0 Å². The molecule has 1 fully saturated rings. The number of hydrogen-bond acceptors (Lipinski definition) is 3. The van der Waals surface area contributed by atoms with E-state index in [0.29, 0.717) is 5.92 Å². The van der Waals surface area contributed by atoms with Crippen LogP contribution in [0, 0.1) is 5.92 Å². The van der Waals surface area contributed by atoms with Gasteiger partial charge in [-0.1, -0.05) is 30.3 Å². The smallest absolute Gasteiger partial charge is 0.320 e. The summed E-state index contributed by atoms with van der Waals surface area (Å²) in [5.41, 5.74) is 1.35. The Hall–Kier alpha value is -1.39. The van der Waals surface area contributed by atoms with Crippen molar-refractivity contribution in [1.82, 2.24) is 9.80 Å². The van der Waals surface area contributed by atoms with E-state index in [-0.39, 0.29) is 0 Å². The molecule has 0 bridgehead atoms. The van der Waals surface area contributed by atoms with E-state index in [1.165, 1.54) is 5.56 Å². The van der Waals surface area contributed by atoms with Crippen LogP contribution < -0.4 is 0 Å². The molecular weight excluding hydrogens is 252 g/mol. The quantitative estimate of drug-likeness (QED) is 0.862. The van der Waals surface area contributed by atoms with Crippen molar-refractivity contribution in [3.63, 3.8) is 0 Å². The van der Waals surface area contributed by atoms with Crippen molar-refractivity contribution in [2.24, 2.45) is 5.92 Å². The summed E-state index contributed by atoms with van der Waals surface area (Å²) >= 11 is 0. The molecule has 0 aromatic heterocycles. The van der Waals surface area contributed by atoms with E-state index in [1.54, 1.807) is 6.92 Å². The van der Waals surface area contributed by atoms with E-state index in [4.69, 9.17) is 5.11 Å². The minimum absolute atomic E-state index is 0.404. The van der Waals surface area contributed by atoms with Gasteiger partial charge in [-0.05, 0) is 38.4 Å². The molecule has 2 atom stereocenters. The zero-order valence-electron chi connectivity index (χ0n) is 12.3. The molecule has 4 heteroatoms. The summed E-state index contributed by atoms with van der Waals surface area (Å²) in [6, 6.07) is 10.1. The second kappa shape index (κ2) is 6.86. The molecule has 0 amide bonds. The summed E-state index contributed by atoms with van der Waals surface area (Å²) < 4.78 is 0. The Morgan fingerprint density at radius 1 is 1.45 bits per heavy atom. The van der Waals surface area contributed by atoms with Gasteiger partial charge in [0.2, 0.25) is 0 Å². The molecule has 0 spiro atoms. The van der Waals surface area contributed by atoms with Gasteiger partial charge in [-0.3, -0.25) is 14.6 Å². The molecule has 2 rings (SSSR count). The Kier molecular flexibility index (Phi) is 5.15. The molecule has 0 saturated carbocycles. The van der Waals surface area contributed by atoms with Gasteiger partial charge in [-0.15, -0.1) is 0 Å². The number of rotatable bonds is 6. The Balaban J connectivity index is 1.79. The average molecular weight is 276 g/mol. The van der Waals surface area contributed by atoms with Crippen LogP contribution in [-0.4, -0.2) is 53.6 Å².